The van der Waals surface area contributed by atoms with E-state index in [2.05, 4.69) is 24.4 Å². The molecular formula is C17H18FNO. The lowest BCUT2D eigenvalue weighted by molar-refractivity contribution is 0.357. The highest BCUT2D eigenvalue weighted by molar-refractivity contribution is 5.48. The van der Waals surface area contributed by atoms with E-state index in [9.17, 15) is 4.39 Å². The quantitative estimate of drug-likeness (QED) is 0.901. The van der Waals surface area contributed by atoms with Crippen molar-refractivity contribution in [2.75, 3.05) is 11.9 Å². The van der Waals surface area contributed by atoms with Crippen molar-refractivity contribution < 1.29 is 9.13 Å². The van der Waals surface area contributed by atoms with Crippen LogP contribution < -0.4 is 10.1 Å². The summed E-state index contributed by atoms with van der Waals surface area (Å²) in [6.45, 7) is 4.61. The van der Waals surface area contributed by atoms with Gasteiger partial charge in [0.15, 0.2) is 0 Å². The standard InChI is InChI=1S/C17H18FNO/c1-11-3-5-15(10-16(11)18)19-12(2)13-4-6-17-14(9-13)7-8-20-17/h3-6,9-10,12,19H,7-8H2,1-2H3. The van der Waals surface area contributed by atoms with Gasteiger partial charge in [-0.25, -0.2) is 4.39 Å². The molecule has 0 saturated carbocycles. The van der Waals surface area contributed by atoms with Crippen molar-refractivity contribution in [3.05, 3.63) is 58.9 Å². The molecule has 1 aliphatic rings. The summed E-state index contributed by atoms with van der Waals surface area (Å²) in [6.07, 6.45) is 0.967. The van der Waals surface area contributed by atoms with E-state index < -0.39 is 0 Å². The molecule has 1 aliphatic heterocycles. The van der Waals surface area contributed by atoms with Crippen molar-refractivity contribution >= 4 is 5.69 Å². The largest absolute Gasteiger partial charge is 0.493 e. The molecule has 0 saturated heterocycles. The fraction of sp³-hybridized carbons (Fsp3) is 0.294. The van der Waals surface area contributed by atoms with Crippen LogP contribution in [-0.4, -0.2) is 6.61 Å². The molecule has 2 aromatic rings. The summed E-state index contributed by atoms with van der Waals surface area (Å²) in [5.41, 5.74) is 3.91. The van der Waals surface area contributed by atoms with Crippen LogP contribution in [0.25, 0.3) is 0 Å². The Kier molecular flexibility index (Phi) is 3.35. The number of hydrogen-bond acceptors (Lipinski definition) is 2. The van der Waals surface area contributed by atoms with Gasteiger partial charge in [-0.15, -0.1) is 0 Å². The minimum absolute atomic E-state index is 0.128. The van der Waals surface area contributed by atoms with Gasteiger partial charge in [0.1, 0.15) is 11.6 Å². The summed E-state index contributed by atoms with van der Waals surface area (Å²) < 4.78 is 19.1. The van der Waals surface area contributed by atoms with E-state index in [0.29, 0.717) is 5.56 Å². The van der Waals surface area contributed by atoms with Gasteiger partial charge in [-0.1, -0.05) is 12.1 Å². The normalized spacial score (nSPS) is 14.6. The average molecular weight is 271 g/mol. The van der Waals surface area contributed by atoms with Crippen LogP contribution in [0.5, 0.6) is 5.75 Å². The lowest BCUT2D eigenvalue weighted by Gasteiger charge is -2.17. The van der Waals surface area contributed by atoms with Crippen molar-refractivity contribution in [1.29, 1.82) is 0 Å². The van der Waals surface area contributed by atoms with Crippen LogP contribution in [0, 0.1) is 12.7 Å². The van der Waals surface area contributed by atoms with Crippen LogP contribution in [0.4, 0.5) is 10.1 Å². The van der Waals surface area contributed by atoms with Gasteiger partial charge < -0.3 is 10.1 Å². The minimum Gasteiger partial charge on any atom is -0.493 e. The molecule has 1 heterocycles. The van der Waals surface area contributed by atoms with Gasteiger partial charge in [0, 0.05) is 18.2 Å². The predicted molar refractivity (Wildman–Crippen MR) is 78.8 cm³/mol. The number of anilines is 1. The number of rotatable bonds is 3. The Labute approximate surface area is 118 Å². The number of benzene rings is 2. The minimum atomic E-state index is -0.176. The van der Waals surface area contributed by atoms with Gasteiger partial charge >= 0.3 is 0 Å². The van der Waals surface area contributed by atoms with Crippen molar-refractivity contribution in [1.82, 2.24) is 0 Å². The molecule has 0 bridgehead atoms. The molecule has 3 rings (SSSR count). The molecule has 0 fully saturated rings. The van der Waals surface area contributed by atoms with Crippen molar-refractivity contribution in [3.8, 4) is 5.75 Å². The van der Waals surface area contributed by atoms with E-state index in [0.717, 1.165) is 24.5 Å². The van der Waals surface area contributed by atoms with E-state index in [1.807, 2.05) is 12.1 Å². The molecular weight excluding hydrogens is 253 g/mol. The first-order valence-corrected chi connectivity index (χ1v) is 6.92. The van der Waals surface area contributed by atoms with E-state index in [1.165, 1.54) is 11.1 Å². The van der Waals surface area contributed by atoms with Gasteiger partial charge in [0.25, 0.3) is 0 Å². The summed E-state index contributed by atoms with van der Waals surface area (Å²) in [7, 11) is 0. The second-order valence-corrected chi connectivity index (χ2v) is 5.30. The smallest absolute Gasteiger partial charge is 0.128 e. The van der Waals surface area contributed by atoms with Crippen molar-refractivity contribution in [3.63, 3.8) is 0 Å². The number of hydrogen-bond donors (Lipinski definition) is 1. The third kappa shape index (κ3) is 2.48. The third-order valence-corrected chi connectivity index (χ3v) is 3.77. The van der Waals surface area contributed by atoms with Crippen LogP contribution in [0.3, 0.4) is 0 Å². The van der Waals surface area contributed by atoms with Gasteiger partial charge in [-0.2, -0.15) is 0 Å². The molecule has 2 aromatic carbocycles. The monoisotopic (exact) mass is 271 g/mol. The van der Waals surface area contributed by atoms with Crippen molar-refractivity contribution in [2.45, 2.75) is 26.3 Å². The van der Waals surface area contributed by atoms with Gasteiger partial charge in [0.05, 0.1) is 6.61 Å². The predicted octanol–water partition coefficient (Wildman–Crippen LogP) is 4.24. The molecule has 0 radical (unpaired) electrons. The van der Waals surface area contributed by atoms with Gasteiger partial charge in [0.2, 0.25) is 0 Å². The molecule has 2 nitrogen and oxygen atoms in total. The maximum Gasteiger partial charge on any atom is 0.128 e. The molecule has 20 heavy (non-hydrogen) atoms. The zero-order valence-corrected chi connectivity index (χ0v) is 11.7. The summed E-state index contributed by atoms with van der Waals surface area (Å²) in [5, 5.41) is 3.34. The zero-order chi connectivity index (χ0) is 14.1. The van der Waals surface area contributed by atoms with E-state index in [4.69, 9.17) is 4.74 Å². The Hall–Kier alpha value is -2.03. The average Bonchev–Trinajstić information content (AvgIpc) is 2.90. The highest BCUT2D eigenvalue weighted by Crippen LogP contribution is 2.29. The Morgan fingerprint density at radius 1 is 1.20 bits per heavy atom. The van der Waals surface area contributed by atoms with E-state index in [1.54, 1.807) is 19.1 Å². The first-order valence-electron chi connectivity index (χ1n) is 6.92. The molecule has 1 atom stereocenters. The molecule has 104 valence electrons. The summed E-state index contributed by atoms with van der Waals surface area (Å²) in [4.78, 5) is 0. The second-order valence-electron chi connectivity index (χ2n) is 5.30. The Morgan fingerprint density at radius 3 is 2.85 bits per heavy atom. The second kappa shape index (κ2) is 5.16. The van der Waals surface area contributed by atoms with Gasteiger partial charge in [-0.05, 0) is 54.8 Å². The van der Waals surface area contributed by atoms with Crippen LogP contribution in [0.2, 0.25) is 0 Å². The zero-order valence-electron chi connectivity index (χ0n) is 11.7. The maximum atomic E-state index is 13.6. The van der Waals surface area contributed by atoms with E-state index in [-0.39, 0.29) is 11.9 Å². The number of halogens is 1. The highest BCUT2D eigenvalue weighted by Gasteiger charge is 2.14. The number of aryl methyl sites for hydroxylation is 1. The van der Waals surface area contributed by atoms with Crippen LogP contribution in [-0.2, 0) is 6.42 Å². The van der Waals surface area contributed by atoms with Gasteiger partial charge in [-0.3, -0.25) is 0 Å². The molecule has 1 unspecified atom stereocenters. The maximum absolute atomic E-state index is 13.6. The SMILES string of the molecule is Cc1ccc(NC(C)c2ccc3c(c2)CCO3)cc1F. The Morgan fingerprint density at radius 2 is 2.05 bits per heavy atom. The third-order valence-electron chi connectivity index (χ3n) is 3.77. The fourth-order valence-corrected chi connectivity index (χ4v) is 2.49. The molecule has 0 aliphatic carbocycles. The van der Waals surface area contributed by atoms with Crippen LogP contribution in [0.1, 0.15) is 29.7 Å². The van der Waals surface area contributed by atoms with E-state index >= 15 is 0 Å². The van der Waals surface area contributed by atoms with Crippen LogP contribution in [0.15, 0.2) is 36.4 Å². The molecule has 0 aromatic heterocycles. The molecule has 0 spiro atoms. The summed E-state index contributed by atoms with van der Waals surface area (Å²) in [6, 6.07) is 11.6. The first-order chi connectivity index (χ1) is 9.63. The Balaban J connectivity index is 1.78. The molecule has 3 heteroatoms. The molecule has 0 amide bonds. The first kappa shape index (κ1) is 13.0. The number of ether oxygens (including phenoxy) is 1. The van der Waals surface area contributed by atoms with Crippen molar-refractivity contribution in [2.24, 2.45) is 0 Å². The number of nitrogens with one attached hydrogen (secondary N) is 1. The lowest BCUT2D eigenvalue weighted by atomic mass is 10.0. The lowest BCUT2D eigenvalue weighted by Crippen LogP contribution is -2.07. The summed E-state index contributed by atoms with van der Waals surface area (Å²) >= 11 is 0. The molecule has 1 N–H and O–H groups in total. The summed E-state index contributed by atoms with van der Waals surface area (Å²) in [5.74, 6) is 0.812. The fourth-order valence-electron chi connectivity index (χ4n) is 2.49. The highest BCUT2D eigenvalue weighted by atomic mass is 19.1. The van der Waals surface area contributed by atoms with Crippen LogP contribution >= 0.6 is 0 Å². The Bertz CT molecular complexity index is 639. The number of fused-ring (bicyclic) bond motifs is 1. The topological polar surface area (TPSA) is 21.3 Å².